The molecule has 9 rings (SSSR count). The van der Waals surface area contributed by atoms with Crippen LogP contribution in [0.5, 0.6) is 5.75 Å². The molecule has 4 aromatic rings. The summed E-state index contributed by atoms with van der Waals surface area (Å²) in [6.45, 7) is 11.0. The largest absolute Gasteiger partial charge is 0.505 e. The summed E-state index contributed by atoms with van der Waals surface area (Å²) in [5.41, 5.74) is 2.26. The van der Waals surface area contributed by atoms with E-state index in [0.717, 1.165) is 17.5 Å². The number of allylic oxidation sites excluding steroid dienone is 2. The monoisotopic (exact) mass is 1390 g/mol. The highest BCUT2D eigenvalue weighted by molar-refractivity contribution is 6.02. The Morgan fingerprint density at radius 1 is 0.822 bits per heavy atom. The van der Waals surface area contributed by atoms with Crippen LogP contribution in [0.1, 0.15) is 131 Å². The molecule has 3 saturated heterocycles. The van der Waals surface area contributed by atoms with Gasteiger partial charge in [-0.15, -0.1) is 0 Å². The summed E-state index contributed by atoms with van der Waals surface area (Å²) < 4.78 is 17.0. The highest BCUT2D eigenvalue weighted by Gasteiger charge is 2.46. The molecule has 0 unspecified atom stereocenters. The van der Waals surface area contributed by atoms with E-state index in [1.54, 1.807) is 74.6 Å². The van der Waals surface area contributed by atoms with Crippen molar-refractivity contribution in [3.05, 3.63) is 155 Å². The predicted octanol–water partition coefficient (Wildman–Crippen LogP) is 3.93. The van der Waals surface area contributed by atoms with E-state index < -0.39 is 119 Å². The molecule has 538 valence electrons. The molecule has 8 amide bonds. The zero-order valence-corrected chi connectivity index (χ0v) is 58.2. The Labute approximate surface area is 585 Å². The van der Waals surface area contributed by atoms with Crippen LogP contribution < -0.4 is 26.2 Å². The SMILES string of the molecule is C/C1=C\[C@@H](O)CC(=O)Cc2nc(co2)C(=O)N2CCC=C2C(=O)O[C@H](C(C)C)[C@H](C)/C=C/C(=O)NCC=C1.CC[C@H]1NC(=O)[C@@H](NC(=O)c2ncccc2O)[C@@H](C)OC(=O)[C@H](c2ccccc2)NC(=O)[C@@H]2CC(=O)CCN2C(=O)[C@H](Cc2ccc(N(C)C)cc2)N(C)C(=O)[C@@H]2CCCN2C1=O. The van der Waals surface area contributed by atoms with Gasteiger partial charge in [0.25, 0.3) is 11.8 Å². The number of nitrogens with zero attached hydrogens (tertiary/aromatic N) is 7. The van der Waals surface area contributed by atoms with Crippen LogP contribution in [0.4, 0.5) is 5.69 Å². The van der Waals surface area contributed by atoms with Crippen molar-refractivity contribution < 1.29 is 81.6 Å². The van der Waals surface area contributed by atoms with Crippen LogP contribution in [0.25, 0.3) is 0 Å². The molecule has 0 radical (unpaired) electrons. The Kier molecular flexibility index (Phi) is 26.3. The molecule has 28 nitrogen and oxygen atoms in total. The molecule has 0 spiro atoms. The van der Waals surface area contributed by atoms with Gasteiger partial charge in [0.2, 0.25) is 41.3 Å². The number of aliphatic hydroxyl groups is 1. The number of hydrogen-bond acceptors (Lipinski definition) is 20. The predicted molar refractivity (Wildman–Crippen MR) is 366 cm³/mol. The first kappa shape index (κ1) is 76.1. The smallest absolute Gasteiger partial charge is 0.355 e. The first-order valence-corrected chi connectivity index (χ1v) is 33.8. The van der Waals surface area contributed by atoms with Gasteiger partial charge in [-0.1, -0.05) is 106 Å². The van der Waals surface area contributed by atoms with Gasteiger partial charge in [0.1, 0.15) is 71.7 Å². The Morgan fingerprint density at radius 2 is 1.54 bits per heavy atom. The number of carbonyl (C=O) groups excluding carboxylic acids is 12. The lowest BCUT2D eigenvalue weighted by atomic mass is 9.94. The highest BCUT2D eigenvalue weighted by atomic mass is 16.6. The van der Waals surface area contributed by atoms with Crippen molar-refractivity contribution in [3.8, 4) is 5.75 Å². The number of ketones is 2. The fraction of sp³-hybridized carbons (Fsp3) is 0.452. The van der Waals surface area contributed by atoms with E-state index in [1.807, 2.05) is 64.0 Å². The van der Waals surface area contributed by atoms with Crippen molar-refractivity contribution >= 4 is 76.4 Å². The Bertz CT molecular complexity index is 3860. The molecule has 101 heavy (non-hydrogen) atoms. The number of oxazole rings is 1. The van der Waals surface area contributed by atoms with Gasteiger partial charge in [-0.3, -0.25) is 47.9 Å². The average molecular weight is 1390 g/mol. The molecule has 2 aromatic heterocycles. The number of rotatable bonds is 8. The van der Waals surface area contributed by atoms with Crippen LogP contribution in [0, 0.1) is 11.8 Å². The number of nitrogens with one attached hydrogen (secondary N) is 4. The van der Waals surface area contributed by atoms with Crippen molar-refractivity contribution in [2.75, 3.05) is 52.2 Å². The number of fused-ring (bicyclic) bond motifs is 5. The molecular formula is C73H89N11O17. The molecule has 3 fully saturated rings. The number of aliphatic hydroxyl groups excluding tert-OH is 1. The van der Waals surface area contributed by atoms with E-state index in [4.69, 9.17) is 13.9 Å². The molecule has 0 aliphatic carbocycles. The Morgan fingerprint density at radius 3 is 2.24 bits per heavy atom. The van der Waals surface area contributed by atoms with E-state index in [1.165, 1.54) is 58.0 Å². The number of cyclic esters (lactones) is 2. The van der Waals surface area contributed by atoms with Gasteiger partial charge in [0.05, 0.1) is 12.5 Å². The minimum absolute atomic E-state index is 0.0299. The third-order valence-electron chi connectivity index (χ3n) is 18.0. The molecule has 10 atom stereocenters. The van der Waals surface area contributed by atoms with Crippen LogP contribution >= 0.6 is 0 Å². The maximum Gasteiger partial charge on any atom is 0.355 e. The van der Waals surface area contributed by atoms with Crippen molar-refractivity contribution in [2.45, 2.75) is 154 Å². The second-order valence-electron chi connectivity index (χ2n) is 26.1. The minimum atomic E-state index is -1.68. The van der Waals surface area contributed by atoms with Crippen LogP contribution in [0.3, 0.4) is 0 Å². The maximum absolute atomic E-state index is 15.0. The van der Waals surface area contributed by atoms with E-state index >= 15 is 0 Å². The molecule has 5 aliphatic heterocycles. The second kappa shape index (κ2) is 34.9. The summed E-state index contributed by atoms with van der Waals surface area (Å²) in [5, 5.41) is 31.2. The first-order valence-electron chi connectivity index (χ1n) is 33.8. The Hall–Kier alpha value is -10.6. The number of carbonyl (C=O) groups is 12. The third kappa shape index (κ3) is 19.6. The van der Waals surface area contributed by atoms with E-state index in [-0.39, 0.29) is 123 Å². The van der Waals surface area contributed by atoms with Crippen molar-refractivity contribution in [1.29, 1.82) is 0 Å². The maximum atomic E-state index is 15.0. The van der Waals surface area contributed by atoms with Gasteiger partial charge in [-0.2, -0.15) is 0 Å². The summed E-state index contributed by atoms with van der Waals surface area (Å²) in [5.74, 6) is -8.40. The van der Waals surface area contributed by atoms with E-state index in [0.29, 0.717) is 18.4 Å². The number of benzene rings is 2. The lowest BCUT2D eigenvalue weighted by Crippen LogP contribution is -2.61. The topological polar surface area (TPSA) is 367 Å². The fourth-order valence-corrected chi connectivity index (χ4v) is 12.5. The quantitative estimate of drug-likeness (QED) is 0.136. The number of esters is 2. The van der Waals surface area contributed by atoms with Crippen LogP contribution in [-0.4, -0.2) is 206 Å². The van der Waals surface area contributed by atoms with Gasteiger partial charge in [-0.05, 0) is 86.9 Å². The molecule has 2 aromatic carbocycles. The molecule has 2 bridgehead atoms. The van der Waals surface area contributed by atoms with Crippen molar-refractivity contribution in [1.82, 2.24) is 50.8 Å². The number of piperidine rings is 1. The van der Waals surface area contributed by atoms with Gasteiger partial charge >= 0.3 is 11.9 Å². The number of ether oxygens (including phenoxy) is 2. The number of aromatic hydroxyl groups is 1. The second-order valence-corrected chi connectivity index (χ2v) is 26.1. The molecular weight excluding hydrogens is 1300 g/mol. The zero-order chi connectivity index (χ0) is 73.4. The third-order valence-corrected chi connectivity index (χ3v) is 18.0. The van der Waals surface area contributed by atoms with Crippen LogP contribution in [0.2, 0.25) is 0 Å². The van der Waals surface area contributed by atoms with Gasteiger partial charge < -0.3 is 69.9 Å². The highest BCUT2D eigenvalue weighted by Crippen LogP contribution is 2.29. The molecule has 5 aliphatic rings. The summed E-state index contributed by atoms with van der Waals surface area (Å²) in [4.78, 5) is 180. The lowest BCUT2D eigenvalue weighted by Gasteiger charge is -2.40. The number of aromatic nitrogens is 2. The average Bonchev–Trinajstić information content (AvgIpc) is 1.79. The van der Waals surface area contributed by atoms with E-state index in [2.05, 4.69) is 31.2 Å². The minimum Gasteiger partial charge on any atom is -0.505 e. The molecule has 6 N–H and O–H groups in total. The summed E-state index contributed by atoms with van der Waals surface area (Å²) in [7, 11) is 5.25. The van der Waals surface area contributed by atoms with E-state index in [9.17, 15) is 67.7 Å². The van der Waals surface area contributed by atoms with Gasteiger partial charge in [0.15, 0.2) is 17.4 Å². The number of likely N-dealkylation sites (N-methyl/N-ethyl adjacent to an activating group) is 1. The van der Waals surface area contributed by atoms with Gasteiger partial charge in [-0.25, -0.2) is 19.6 Å². The van der Waals surface area contributed by atoms with Crippen LogP contribution in [0.15, 0.2) is 131 Å². The molecule has 0 saturated carbocycles. The summed E-state index contributed by atoms with van der Waals surface area (Å²) in [6, 6.07) is 10.1. The molecule has 28 heteroatoms. The summed E-state index contributed by atoms with van der Waals surface area (Å²) in [6.07, 6.45) is 9.66. The Balaban J connectivity index is 0.000000291. The van der Waals surface area contributed by atoms with Crippen molar-refractivity contribution in [3.63, 3.8) is 0 Å². The number of amides is 8. The first-order chi connectivity index (χ1) is 48.1. The number of anilines is 1. The summed E-state index contributed by atoms with van der Waals surface area (Å²) >= 11 is 0. The lowest BCUT2D eigenvalue weighted by molar-refractivity contribution is -0.157. The number of Topliss-reactive ketones (excluding diaryl/α,β-unsaturated/α-hetero) is 2. The zero-order valence-electron chi connectivity index (χ0n) is 58.2. The van der Waals surface area contributed by atoms with Crippen molar-refractivity contribution in [2.24, 2.45) is 11.8 Å². The van der Waals surface area contributed by atoms with Crippen LogP contribution in [-0.2, 0) is 70.3 Å². The normalized spacial score (nSPS) is 26.0. The number of hydrogen-bond donors (Lipinski definition) is 6. The standard InChI is InChI=1S/C45H54N8O10.C28H35N3O7/c1-6-31-42(59)52-22-11-14-32(52)43(60)51(5)34(24-27-16-18-29(19-17-27)50(3)4)44(61)53-23-20-30(54)25-33(53)39(56)49-37(28-12-8-7-9-13-28)45(62)63-26(2)36(40(57)47-31)48-41(58)38-35(55)15-10-21-46-38;1-17(2)26-19(4)9-10-24(34)29-11-5-7-18(3)13-20(32)14-21(33)15-25-30-22(16-37-25)27(35)31-12-6-8-23(31)28(36)38-26/h7-10,12-13,15-19,21,26,31-34,36-37,55H,6,11,14,20,22-25H2,1-5H3,(H,47,57)(H,48,58)(H,49,56);5,7-10,13,16-17,19-20,26,32H,6,11-12,14-15H2,1-4H3,(H,29,34)/b;7-5?,10-9+,18-13+/t26-,31-,32+,33+,34+,36+,37+;19-,20-,26-/m11/s1. The molecule has 7 heterocycles. The fourth-order valence-electron chi connectivity index (χ4n) is 12.5. The number of pyridine rings is 1. The van der Waals surface area contributed by atoms with Gasteiger partial charge in [0, 0.05) is 90.8 Å².